The standard InChI is InChI=1S/C36H29FN4O6S/c1-39-35(42)33-26-17-25(22-10-13-30(45-2)27(16-22)36-40-28-6-4-5-7-31(28)47-36)29(41(48(3,43)44)24-14-20(15-24)19-38)18-32(26)46-34(33)21-8-11-23(37)12-9-21/h4-13,16-18,20,24H,14-15H2,1-3H3,(H,39,42). The third-order valence-electron chi connectivity index (χ3n) is 8.62. The number of benzene rings is 4. The van der Waals surface area contributed by atoms with Crippen LogP contribution in [0.15, 0.2) is 87.7 Å². The molecular weight excluding hydrogens is 635 g/mol. The third-order valence-corrected chi connectivity index (χ3v) is 9.83. The number of anilines is 1. The number of furan rings is 1. The van der Waals surface area contributed by atoms with Crippen LogP contribution in [-0.4, -0.2) is 45.8 Å². The van der Waals surface area contributed by atoms with Crippen LogP contribution in [0.3, 0.4) is 0 Å². The Labute approximate surface area is 275 Å². The van der Waals surface area contributed by atoms with Gasteiger partial charge in [0.1, 0.15) is 28.4 Å². The lowest BCUT2D eigenvalue weighted by atomic mass is 9.81. The Morgan fingerprint density at radius 1 is 1.00 bits per heavy atom. The molecule has 0 atom stereocenters. The molecular formula is C36H29FN4O6S. The Hall–Kier alpha value is -5.67. The number of halogens is 1. The molecule has 1 amide bonds. The summed E-state index contributed by atoms with van der Waals surface area (Å²) < 4.78 is 60.2. The highest BCUT2D eigenvalue weighted by molar-refractivity contribution is 7.92. The van der Waals surface area contributed by atoms with Crippen LogP contribution in [0.4, 0.5) is 10.1 Å². The second kappa shape index (κ2) is 11.8. The van der Waals surface area contributed by atoms with Gasteiger partial charge < -0.3 is 18.9 Å². The molecule has 7 rings (SSSR count). The summed E-state index contributed by atoms with van der Waals surface area (Å²) in [6.07, 6.45) is 1.85. The fourth-order valence-corrected chi connectivity index (χ4v) is 7.48. The maximum atomic E-state index is 13.9. The average molecular weight is 665 g/mol. The van der Waals surface area contributed by atoms with E-state index in [2.05, 4.69) is 16.4 Å². The van der Waals surface area contributed by atoms with Gasteiger partial charge in [0.25, 0.3) is 5.91 Å². The zero-order chi connectivity index (χ0) is 33.7. The van der Waals surface area contributed by atoms with Crippen molar-refractivity contribution >= 4 is 43.7 Å². The van der Waals surface area contributed by atoms with E-state index in [9.17, 15) is 22.9 Å². The van der Waals surface area contributed by atoms with E-state index in [0.717, 1.165) is 6.26 Å². The largest absolute Gasteiger partial charge is 0.496 e. The first-order valence-corrected chi connectivity index (χ1v) is 17.0. The van der Waals surface area contributed by atoms with Gasteiger partial charge in [0.2, 0.25) is 15.9 Å². The number of rotatable bonds is 8. The number of ether oxygens (including phenoxy) is 1. The van der Waals surface area contributed by atoms with Crippen molar-refractivity contribution in [2.75, 3.05) is 24.7 Å². The number of aromatic nitrogens is 1. The molecule has 1 saturated carbocycles. The summed E-state index contributed by atoms with van der Waals surface area (Å²) in [7, 11) is -0.850. The van der Waals surface area contributed by atoms with Crippen LogP contribution < -0.4 is 14.4 Å². The second-order valence-corrected chi connectivity index (χ2v) is 13.5. The van der Waals surface area contributed by atoms with Gasteiger partial charge in [-0.25, -0.2) is 17.8 Å². The minimum absolute atomic E-state index is 0.202. The summed E-state index contributed by atoms with van der Waals surface area (Å²) in [6.45, 7) is 0. The number of fused-ring (bicyclic) bond motifs is 2. The highest BCUT2D eigenvalue weighted by atomic mass is 32.2. The summed E-state index contributed by atoms with van der Waals surface area (Å²) in [5.41, 5.74) is 4.07. The van der Waals surface area contributed by atoms with Crippen LogP contribution in [0.5, 0.6) is 5.75 Å². The van der Waals surface area contributed by atoms with Crippen molar-refractivity contribution < 1.29 is 31.2 Å². The van der Waals surface area contributed by atoms with E-state index in [-0.39, 0.29) is 22.8 Å². The number of methoxy groups -OCH3 is 1. The molecule has 12 heteroatoms. The molecule has 48 heavy (non-hydrogen) atoms. The molecule has 2 heterocycles. The first-order chi connectivity index (χ1) is 23.1. The first-order valence-electron chi connectivity index (χ1n) is 15.1. The lowest BCUT2D eigenvalue weighted by Gasteiger charge is -2.40. The van der Waals surface area contributed by atoms with E-state index in [4.69, 9.17) is 13.6 Å². The predicted octanol–water partition coefficient (Wildman–Crippen LogP) is 7.15. The molecule has 0 aliphatic heterocycles. The van der Waals surface area contributed by atoms with Gasteiger partial charge in [-0.1, -0.05) is 18.2 Å². The highest BCUT2D eigenvalue weighted by Crippen LogP contribution is 2.46. The zero-order valence-electron chi connectivity index (χ0n) is 26.2. The topological polar surface area (TPSA) is 139 Å². The van der Waals surface area contributed by atoms with Crippen molar-refractivity contribution in [2.45, 2.75) is 18.9 Å². The smallest absolute Gasteiger partial charge is 0.255 e. The molecule has 1 aliphatic rings. The number of nitriles is 1. The second-order valence-electron chi connectivity index (χ2n) is 11.7. The van der Waals surface area contributed by atoms with Crippen LogP contribution in [0.25, 0.3) is 56.0 Å². The Kier molecular flexibility index (Phi) is 7.64. The van der Waals surface area contributed by atoms with Gasteiger partial charge in [-0.05, 0) is 73.0 Å². The fourth-order valence-electron chi connectivity index (χ4n) is 6.26. The average Bonchev–Trinajstić information content (AvgIpc) is 3.66. The Morgan fingerprint density at radius 3 is 2.40 bits per heavy atom. The number of para-hydroxylation sites is 2. The van der Waals surface area contributed by atoms with Crippen LogP contribution in [0.2, 0.25) is 0 Å². The third kappa shape index (κ3) is 5.32. The van der Waals surface area contributed by atoms with Gasteiger partial charge >= 0.3 is 0 Å². The van der Waals surface area contributed by atoms with Crippen LogP contribution in [-0.2, 0) is 10.0 Å². The highest BCUT2D eigenvalue weighted by Gasteiger charge is 2.40. The summed E-state index contributed by atoms with van der Waals surface area (Å²) >= 11 is 0. The molecule has 6 aromatic rings. The number of nitrogens with one attached hydrogen (secondary N) is 1. The number of hydrogen-bond donors (Lipinski definition) is 1. The molecule has 242 valence electrons. The molecule has 0 unspecified atom stereocenters. The molecule has 0 bridgehead atoms. The van der Waals surface area contributed by atoms with Gasteiger partial charge in [-0.2, -0.15) is 5.26 Å². The fraction of sp³-hybridized carbons (Fsp3) is 0.194. The van der Waals surface area contributed by atoms with Crippen molar-refractivity contribution in [2.24, 2.45) is 5.92 Å². The van der Waals surface area contributed by atoms with E-state index < -0.39 is 27.8 Å². The van der Waals surface area contributed by atoms with E-state index in [0.29, 0.717) is 68.9 Å². The number of hydrogen-bond acceptors (Lipinski definition) is 8. The van der Waals surface area contributed by atoms with E-state index >= 15 is 0 Å². The minimum Gasteiger partial charge on any atom is -0.496 e. The van der Waals surface area contributed by atoms with Crippen molar-refractivity contribution in [3.63, 3.8) is 0 Å². The Bertz CT molecular complexity index is 2340. The summed E-state index contributed by atoms with van der Waals surface area (Å²) in [5.74, 6) is -0.169. The summed E-state index contributed by atoms with van der Waals surface area (Å²) in [5, 5.41) is 12.6. The Balaban J connectivity index is 1.51. The van der Waals surface area contributed by atoms with Gasteiger partial charge in [-0.15, -0.1) is 0 Å². The lowest BCUT2D eigenvalue weighted by molar-refractivity contribution is 0.0964. The van der Waals surface area contributed by atoms with Gasteiger partial charge in [-0.3, -0.25) is 9.10 Å². The molecule has 10 nitrogen and oxygen atoms in total. The Morgan fingerprint density at radius 2 is 1.73 bits per heavy atom. The number of carbonyl (C=O) groups is 1. The molecule has 4 aromatic carbocycles. The molecule has 0 radical (unpaired) electrons. The van der Waals surface area contributed by atoms with Crippen molar-refractivity contribution in [1.29, 1.82) is 5.26 Å². The maximum absolute atomic E-state index is 13.9. The zero-order valence-corrected chi connectivity index (χ0v) is 27.0. The number of carbonyl (C=O) groups excluding carboxylic acids is 1. The monoisotopic (exact) mass is 664 g/mol. The maximum Gasteiger partial charge on any atom is 0.255 e. The van der Waals surface area contributed by atoms with Crippen molar-refractivity contribution in [3.05, 3.63) is 90.2 Å². The molecule has 2 aromatic heterocycles. The first kappa shape index (κ1) is 31.0. The van der Waals surface area contributed by atoms with E-state index in [1.54, 1.807) is 30.3 Å². The summed E-state index contributed by atoms with van der Waals surface area (Å²) in [6, 6.07) is 23.3. The normalized spacial score (nSPS) is 16.0. The predicted molar refractivity (Wildman–Crippen MR) is 179 cm³/mol. The van der Waals surface area contributed by atoms with Gasteiger partial charge in [0.15, 0.2) is 5.58 Å². The van der Waals surface area contributed by atoms with Crippen LogP contribution >= 0.6 is 0 Å². The minimum atomic E-state index is -3.88. The molecule has 1 N–H and O–H groups in total. The number of sulfonamides is 1. The van der Waals surface area contributed by atoms with Crippen molar-refractivity contribution in [3.8, 4) is 45.7 Å². The molecule has 0 spiro atoms. The lowest BCUT2D eigenvalue weighted by Crippen LogP contribution is -2.47. The van der Waals surface area contributed by atoms with E-state index in [1.165, 1.54) is 42.7 Å². The van der Waals surface area contributed by atoms with E-state index in [1.807, 2.05) is 24.3 Å². The number of oxazole rings is 1. The summed E-state index contributed by atoms with van der Waals surface area (Å²) in [4.78, 5) is 18.1. The van der Waals surface area contributed by atoms with Crippen LogP contribution in [0.1, 0.15) is 23.2 Å². The van der Waals surface area contributed by atoms with Gasteiger partial charge in [0.05, 0.1) is 42.2 Å². The quantitative estimate of drug-likeness (QED) is 0.181. The number of amides is 1. The van der Waals surface area contributed by atoms with Gasteiger partial charge in [0, 0.05) is 35.7 Å². The molecule has 1 aliphatic carbocycles. The van der Waals surface area contributed by atoms with Crippen LogP contribution in [0, 0.1) is 23.1 Å². The SMILES string of the molecule is CNC(=O)c1c(-c2ccc(F)cc2)oc2cc(N(C3CC(C#N)C3)S(C)(=O)=O)c(-c3ccc(OC)c(-c4nc5ccccc5o4)c3)cc12. The molecule has 1 fully saturated rings. The molecule has 0 saturated heterocycles. The number of nitrogens with zero attached hydrogens (tertiary/aromatic N) is 3. The van der Waals surface area contributed by atoms with Crippen molar-refractivity contribution in [1.82, 2.24) is 10.3 Å².